The van der Waals surface area contributed by atoms with Crippen molar-refractivity contribution in [3.8, 4) is 0 Å². The van der Waals surface area contributed by atoms with Gasteiger partial charge < -0.3 is 5.11 Å². The van der Waals surface area contributed by atoms with Crippen molar-refractivity contribution in [3.63, 3.8) is 0 Å². The maximum absolute atomic E-state index is 13.1. The van der Waals surface area contributed by atoms with Gasteiger partial charge in [-0.15, -0.1) is 0 Å². The second-order valence-corrected chi connectivity index (χ2v) is 9.88. The number of hydrogen-bond donors (Lipinski definition) is 1. The van der Waals surface area contributed by atoms with Gasteiger partial charge in [0, 0.05) is 11.3 Å². The van der Waals surface area contributed by atoms with E-state index in [9.17, 15) is 9.90 Å². The summed E-state index contributed by atoms with van der Waals surface area (Å²) in [4.78, 5) is 13.1. The SMILES string of the molecule is C[C@H]1C(=O)[C@@]23CC[C@@H]4C(C)(C)[C@@H](O)CC[C@@]4(C)C2CC[C@@H]1C3. The normalized spacial score (nSPS) is 56.4. The molecule has 1 unspecified atom stereocenters. The number of aliphatic hydroxyl groups excluding tert-OH is 1. The molecular formula is C20H32O2. The fraction of sp³-hybridized carbons (Fsp3) is 0.950. The van der Waals surface area contributed by atoms with Crippen LogP contribution in [0, 0.1) is 39.9 Å². The lowest BCUT2D eigenvalue weighted by molar-refractivity contribution is -0.183. The highest BCUT2D eigenvalue weighted by Crippen LogP contribution is 2.71. The number of carbonyl (C=O) groups excluding carboxylic acids is 1. The topological polar surface area (TPSA) is 37.3 Å². The summed E-state index contributed by atoms with van der Waals surface area (Å²) in [6.07, 6.45) is 7.76. The second kappa shape index (κ2) is 4.37. The van der Waals surface area contributed by atoms with Crippen molar-refractivity contribution < 1.29 is 9.90 Å². The molecule has 4 rings (SSSR count). The molecule has 0 aromatic heterocycles. The van der Waals surface area contributed by atoms with E-state index in [0.717, 1.165) is 25.7 Å². The summed E-state index contributed by atoms with van der Waals surface area (Å²) < 4.78 is 0. The number of carbonyl (C=O) groups is 1. The van der Waals surface area contributed by atoms with E-state index in [1.165, 1.54) is 19.3 Å². The molecule has 22 heavy (non-hydrogen) atoms. The Morgan fingerprint density at radius 3 is 2.45 bits per heavy atom. The summed E-state index contributed by atoms with van der Waals surface area (Å²) in [6, 6.07) is 0. The average molecular weight is 304 g/mol. The van der Waals surface area contributed by atoms with Crippen LogP contribution in [0.25, 0.3) is 0 Å². The molecule has 7 atom stereocenters. The maximum Gasteiger partial charge on any atom is 0.142 e. The molecule has 2 heteroatoms. The molecule has 4 aliphatic rings. The molecule has 0 aromatic carbocycles. The Balaban J connectivity index is 1.77. The molecule has 0 heterocycles. The zero-order chi connectivity index (χ0) is 15.9. The van der Waals surface area contributed by atoms with E-state index < -0.39 is 0 Å². The van der Waals surface area contributed by atoms with Crippen LogP contribution in [0.5, 0.6) is 0 Å². The minimum Gasteiger partial charge on any atom is -0.393 e. The highest BCUT2D eigenvalue weighted by molar-refractivity contribution is 5.90. The molecule has 0 aromatic rings. The molecule has 4 saturated carbocycles. The van der Waals surface area contributed by atoms with Crippen molar-refractivity contribution in [1.82, 2.24) is 0 Å². The predicted molar refractivity (Wildman–Crippen MR) is 87.3 cm³/mol. The van der Waals surface area contributed by atoms with Gasteiger partial charge in [0.05, 0.1) is 6.10 Å². The monoisotopic (exact) mass is 304 g/mol. The van der Waals surface area contributed by atoms with E-state index in [-0.39, 0.29) is 22.3 Å². The number of hydrogen-bond acceptors (Lipinski definition) is 2. The van der Waals surface area contributed by atoms with Crippen molar-refractivity contribution in [2.24, 2.45) is 39.9 Å². The van der Waals surface area contributed by atoms with Crippen LogP contribution in [0.2, 0.25) is 0 Å². The lowest BCUT2D eigenvalue weighted by Gasteiger charge is -2.64. The van der Waals surface area contributed by atoms with Crippen molar-refractivity contribution in [2.45, 2.75) is 78.7 Å². The van der Waals surface area contributed by atoms with E-state index in [0.29, 0.717) is 29.5 Å². The molecule has 2 bridgehead atoms. The minimum atomic E-state index is -0.172. The van der Waals surface area contributed by atoms with E-state index in [2.05, 4.69) is 27.7 Å². The highest BCUT2D eigenvalue weighted by Gasteiger charge is 2.67. The zero-order valence-electron chi connectivity index (χ0n) is 14.7. The van der Waals surface area contributed by atoms with Gasteiger partial charge in [-0.05, 0) is 73.5 Å². The first kappa shape index (κ1) is 15.2. The Labute approximate surface area is 135 Å². The van der Waals surface area contributed by atoms with Gasteiger partial charge >= 0.3 is 0 Å². The molecule has 124 valence electrons. The number of rotatable bonds is 0. The first-order valence-electron chi connectivity index (χ1n) is 9.46. The number of ketones is 1. The molecule has 0 aliphatic heterocycles. The van der Waals surface area contributed by atoms with Gasteiger partial charge in [-0.1, -0.05) is 27.7 Å². The van der Waals surface area contributed by atoms with Crippen LogP contribution in [0.4, 0.5) is 0 Å². The summed E-state index contributed by atoms with van der Waals surface area (Å²) in [6.45, 7) is 9.19. The van der Waals surface area contributed by atoms with Crippen LogP contribution in [0.3, 0.4) is 0 Å². The molecule has 1 N–H and O–H groups in total. The van der Waals surface area contributed by atoms with Crippen LogP contribution in [-0.4, -0.2) is 17.0 Å². The Morgan fingerprint density at radius 1 is 1.00 bits per heavy atom. The van der Waals surface area contributed by atoms with Crippen molar-refractivity contribution in [3.05, 3.63) is 0 Å². The van der Waals surface area contributed by atoms with Crippen LogP contribution >= 0.6 is 0 Å². The molecule has 4 aliphatic carbocycles. The van der Waals surface area contributed by atoms with Gasteiger partial charge in [0.2, 0.25) is 0 Å². The Bertz CT molecular complexity index is 510. The van der Waals surface area contributed by atoms with Crippen molar-refractivity contribution in [1.29, 1.82) is 0 Å². The molecule has 1 spiro atoms. The number of aliphatic hydroxyl groups is 1. The third kappa shape index (κ3) is 1.58. The van der Waals surface area contributed by atoms with Crippen LogP contribution in [0.1, 0.15) is 72.6 Å². The third-order valence-electron chi connectivity index (χ3n) is 8.92. The number of Topliss-reactive ketones (excluding diaryl/α,β-unsaturated/α-hetero) is 1. The van der Waals surface area contributed by atoms with Gasteiger partial charge in [-0.25, -0.2) is 0 Å². The van der Waals surface area contributed by atoms with Gasteiger partial charge in [-0.2, -0.15) is 0 Å². The van der Waals surface area contributed by atoms with Crippen LogP contribution in [-0.2, 0) is 4.79 Å². The first-order chi connectivity index (χ1) is 10.2. The fourth-order valence-electron chi connectivity index (χ4n) is 7.69. The molecule has 2 nitrogen and oxygen atoms in total. The third-order valence-corrected chi connectivity index (χ3v) is 8.92. The Hall–Kier alpha value is -0.370. The molecule has 4 fully saturated rings. The zero-order valence-corrected chi connectivity index (χ0v) is 14.7. The van der Waals surface area contributed by atoms with Crippen molar-refractivity contribution >= 4 is 5.78 Å². The van der Waals surface area contributed by atoms with Gasteiger partial charge in [0.1, 0.15) is 5.78 Å². The van der Waals surface area contributed by atoms with E-state index in [4.69, 9.17) is 0 Å². The van der Waals surface area contributed by atoms with E-state index in [1.54, 1.807) is 0 Å². The molecule has 0 amide bonds. The summed E-state index contributed by atoms with van der Waals surface area (Å²) >= 11 is 0. The predicted octanol–water partition coefficient (Wildman–Crippen LogP) is 4.21. The summed E-state index contributed by atoms with van der Waals surface area (Å²) in [5, 5.41) is 10.5. The highest BCUT2D eigenvalue weighted by atomic mass is 16.3. The quantitative estimate of drug-likeness (QED) is 0.728. The Morgan fingerprint density at radius 2 is 1.73 bits per heavy atom. The van der Waals surface area contributed by atoms with Crippen LogP contribution in [0.15, 0.2) is 0 Å². The van der Waals surface area contributed by atoms with Crippen molar-refractivity contribution in [2.75, 3.05) is 0 Å². The molecule has 0 radical (unpaired) electrons. The van der Waals surface area contributed by atoms with Gasteiger partial charge in [-0.3, -0.25) is 4.79 Å². The van der Waals surface area contributed by atoms with Gasteiger partial charge in [0.15, 0.2) is 0 Å². The largest absolute Gasteiger partial charge is 0.393 e. The molecular weight excluding hydrogens is 272 g/mol. The summed E-state index contributed by atoms with van der Waals surface area (Å²) in [5.41, 5.74) is 0.260. The average Bonchev–Trinajstić information content (AvgIpc) is 2.65. The van der Waals surface area contributed by atoms with E-state index in [1.807, 2.05) is 0 Å². The Kier molecular flexibility index (Phi) is 3.02. The lowest BCUT2D eigenvalue weighted by atomic mass is 9.40. The van der Waals surface area contributed by atoms with Crippen LogP contribution < -0.4 is 0 Å². The summed E-state index contributed by atoms with van der Waals surface area (Å²) in [5.74, 6) is 2.70. The smallest absolute Gasteiger partial charge is 0.142 e. The number of fused-ring (bicyclic) bond motifs is 3. The van der Waals surface area contributed by atoms with Gasteiger partial charge in [0.25, 0.3) is 0 Å². The standard InChI is InChI=1S/C20H32O2/c1-12-13-5-6-15-19(4)9-8-16(21)18(2,3)14(19)7-10-20(15,11-13)17(12)22/h12-16,21H,5-11H2,1-4H3/t12-,13-,14-,15?,16+,19-,20-/m1/s1. The fourth-order valence-corrected chi connectivity index (χ4v) is 7.69. The maximum atomic E-state index is 13.1. The molecule has 0 saturated heterocycles. The summed E-state index contributed by atoms with van der Waals surface area (Å²) in [7, 11) is 0. The minimum absolute atomic E-state index is 0.00126. The lowest BCUT2D eigenvalue weighted by Crippen LogP contribution is -2.60. The second-order valence-electron chi connectivity index (χ2n) is 9.88. The van der Waals surface area contributed by atoms with E-state index >= 15 is 0 Å². The first-order valence-corrected chi connectivity index (χ1v) is 9.46.